The van der Waals surface area contributed by atoms with E-state index < -0.39 is 0 Å². The Labute approximate surface area is 99.9 Å². The van der Waals surface area contributed by atoms with Crippen molar-refractivity contribution in [2.24, 2.45) is 11.0 Å². The van der Waals surface area contributed by atoms with E-state index in [9.17, 15) is 4.79 Å². The molecule has 1 amide bonds. The van der Waals surface area contributed by atoms with Gasteiger partial charge in [0, 0.05) is 17.9 Å². The van der Waals surface area contributed by atoms with Gasteiger partial charge in [0.15, 0.2) is 0 Å². The molecule has 1 atom stereocenters. The van der Waals surface area contributed by atoms with Crippen LogP contribution in [0.15, 0.2) is 17.2 Å². The van der Waals surface area contributed by atoms with E-state index in [1.54, 1.807) is 0 Å². The molecule has 5 heteroatoms. The van der Waals surface area contributed by atoms with Gasteiger partial charge in [-0.15, -0.1) is 0 Å². The number of anilines is 2. The van der Waals surface area contributed by atoms with Crippen molar-refractivity contribution in [2.45, 2.75) is 20.3 Å². The molecule has 1 aromatic carbocycles. The summed E-state index contributed by atoms with van der Waals surface area (Å²) in [5.41, 5.74) is 18.0. The fourth-order valence-electron chi connectivity index (χ4n) is 1.95. The fraction of sp³-hybridized carbons (Fsp3) is 0.333. The number of rotatable bonds is 1. The Morgan fingerprint density at radius 2 is 2.06 bits per heavy atom. The predicted octanol–water partition coefficient (Wildman–Crippen LogP) is 1.02. The standard InChI is InChI=1S/C12H16N4O/c1-6-3-4-8(11(14)10(6)13)12-7(2)5-9(17)15-16-12/h3-4,7H,5,13-14H2,1-2H3,(H,15,17). The highest BCUT2D eigenvalue weighted by Gasteiger charge is 2.23. The summed E-state index contributed by atoms with van der Waals surface area (Å²) in [5, 5.41) is 4.07. The van der Waals surface area contributed by atoms with E-state index in [1.807, 2.05) is 26.0 Å². The summed E-state index contributed by atoms with van der Waals surface area (Å²) in [6.07, 6.45) is 0.423. The number of carbonyl (C=O) groups excluding carboxylic acids is 1. The fourth-order valence-corrected chi connectivity index (χ4v) is 1.95. The lowest BCUT2D eigenvalue weighted by Gasteiger charge is -2.21. The van der Waals surface area contributed by atoms with Crippen molar-refractivity contribution < 1.29 is 4.79 Å². The molecule has 0 aliphatic carbocycles. The third kappa shape index (κ3) is 1.95. The van der Waals surface area contributed by atoms with Gasteiger partial charge in [-0.1, -0.05) is 19.1 Å². The molecule has 2 rings (SSSR count). The van der Waals surface area contributed by atoms with Crippen molar-refractivity contribution in [2.75, 3.05) is 11.5 Å². The third-order valence-electron chi connectivity index (χ3n) is 3.04. The number of benzene rings is 1. The number of carbonyl (C=O) groups is 1. The van der Waals surface area contributed by atoms with Crippen molar-refractivity contribution in [3.8, 4) is 0 Å². The maximum Gasteiger partial charge on any atom is 0.240 e. The minimum Gasteiger partial charge on any atom is -0.397 e. The zero-order valence-electron chi connectivity index (χ0n) is 9.95. The first kappa shape index (κ1) is 11.4. The maximum atomic E-state index is 11.2. The first-order chi connectivity index (χ1) is 8.00. The van der Waals surface area contributed by atoms with Crippen LogP contribution in [0.2, 0.25) is 0 Å². The minimum absolute atomic E-state index is 0.0492. The van der Waals surface area contributed by atoms with Crippen LogP contribution in [0.5, 0.6) is 0 Å². The molecule has 90 valence electrons. The lowest BCUT2D eigenvalue weighted by molar-refractivity contribution is -0.121. The van der Waals surface area contributed by atoms with Gasteiger partial charge in [0.25, 0.3) is 0 Å². The molecule has 0 aromatic heterocycles. The topological polar surface area (TPSA) is 93.5 Å². The van der Waals surface area contributed by atoms with Crippen molar-refractivity contribution in [1.82, 2.24) is 5.43 Å². The molecule has 1 aliphatic heterocycles. The normalized spacial score (nSPS) is 19.8. The third-order valence-corrected chi connectivity index (χ3v) is 3.04. The van der Waals surface area contributed by atoms with E-state index in [1.165, 1.54) is 0 Å². The minimum atomic E-state index is -0.0695. The second kappa shape index (κ2) is 4.08. The van der Waals surface area contributed by atoms with Gasteiger partial charge >= 0.3 is 0 Å². The second-order valence-corrected chi connectivity index (χ2v) is 4.39. The number of hydrazone groups is 1. The van der Waals surface area contributed by atoms with E-state index in [2.05, 4.69) is 10.5 Å². The lowest BCUT2D eigenvalue weighted by atomic mass is 9.92. The van der Waals surface area contributed by atoms with Crippen LogP contribution >= 0.6 is 0 Å². The summed E-state index contributed by atoms with van der Waals surface area (Å²) >= 11 is 0. The Hall–Kier alpha value is -2.04. The Morgan fingerprint density at radius 3 is 2.71 bits per heavy atom. The number of nitrogens with one attached hydrogen (secondary N) is 1. The van der Waals surface area contributed by atoms with E-state index >= 15 is 0 Å². The Balaban J connectivity index is 2.48. The van der Waals surface area contributed by atoms with Crippen molar-refractivity contribution >= 4 is 23.0 Å². The Kier molecular flexibility index (Phi) is 2.75. The summed E-state index contributed by atoms with van der Waals surface area (Å²) in [4.78, 5) is 11.2. The summed E-state index contributed by atoms with van der Waals surface area (Å²) in [7, 11) is 0. The molecule has 1 unspecified atom stereocenters. The molecule has 17 heavy (non-hydrogen) atoms. The second-order valence-electron chi connectivity index (χ2n) is 4.39. The quantitative estimate of drug-likeness (QED) is 0.631. The molecule has 0 bridgehead atoms. The van der Waals surface area contributed by atoms with Gasteiger partial charge < -0.3 is 11.5 Å². The van der Waals surface area contributed by atoms with Crippen LogP contribution in [0, 0.1) is 12.8 Å². The van der Waals surface area contributed by atoms with Gasteiger partial charge in [-0.3, -0.25) is 4.79 Å². The predicted molar refractivity (Wildman–Crippen MR) is 68.5 cm³/mol. The maximum absolute atomic E-state index is 11.2. The zero-order chi connectivity index (χ0) is 12.6. The SMILES string of the molecule is Cc1ccc(C2=NNC(=O)CC2C)c(N)c1N. The number of hydrogen-bond donors (Lipinski definition) is 3. The average molecular weight is 232 g/mol. The average Bonchev–Trinajstić information content (AvgIpc) is 2.28. The molecule has 0 radical (unpaired) electrons. The molecule has 0 saturated carbocycles. The van der Waals surface area contributed by atoms with E-state index in [-0.39, 0.29) is 11.8 Å². The first-order valence-corrected chi connectivity index (χ1v) is 5.52. The van der Waals surface area contributed by atoms with Crippen molar-refractivity contribution in [3.05, 3.63) is 23.3 Å². The largest absolute Gasteiger partial charge is 0.397 e. The Morgan fingerprint density at radius 1 is 1.35 bits per heavy atom. The van der Waals surface area contributed by atoms with Crippen LogP contribution in [0.1, 0.15) is 24.5 Å². The summed E-state index contributed by atoms with van der Waals surface area (Å²) < 4.78 is 0. The molecular weight excluding hydrogens is 216 g/mol. The highest BCUT2D eigenvalue weighted by molar-refractivity contribution is 6.10. The van der Waals surface area contributed by atoms with Crippen LogP contribution in [-0.2, 0) is 4.79 Å². The van der Waals surface area contributed by atoms with Crippen molar-refractivity contribution in [3.63, 3.8) is 0 Å². The van der Waals surface area contributed by atoms with Gasteiger partial charge in [-0.05, 0) is 12.5 Å². The zero-order valence-corrected chi connectivity index (χ0v) is 9.95. The molecule has 1 heterocycles. The number of aryl methyl sites for hydroxylation is 1. The van der Waals surface area contributed by atoms with Gasteiger partial charge in [0.2, 0.25) is 5.91 Å². The lowest BCUT2D eigenvalue weighted by Crippen LogP contribution is -2.32. The summed E-state index contributed by atoms with van der Waals surface area (Å²) in [5.74, 6) is -0.0203. The molecule has 5 nitrogen and oxygen atoms in total. The molecule has 0 spiro atoms. The van der Waals surface area contributed by atoms with Crippen LogP contribution < -0.4 is 16.9 Å². The van der Waals surface area contributed by atoms with Gasteiger partial charge in [-0.2, -0.15) is 5.10 Å². The number of amides is 1. The number of nitrogens with two attached hydrogens (primary N) is 2. The molecule has 1 aliphatic rings. The number of hydrogen-bond acceptors (Lipinski definition) is 4. The Bertz CT molecular complexity index is 507. The number of nitrogen functional groups attached to an aromatic ring is 2. The molecule has 0 fully saturated rings. The smallest absolute Gasteiger partial charge is 0.240 e. The first-order valence-electron chi connectivity index (χ1n) is 5.52. The molecular formula is C12H16N4O. The summed E-state index contributed by atoms with van der Waals surface area (Å²) in [6, 6.07) is 3.81. The molecule has 0 saturated heterocycles. The van der Waals surface area contributed by atoms with Crippen LogP contribution in [0.3, 0.4) is 0 Å². The van der Waals surface area contributed by atoms with E-state index in [0.29, 0.717) is 17.8 Å². The van der Waals surface area contributed by atoms with Crippen LogP contribution in [-0.4, -0.2) is 11.6 Å². The molecule has 1 aromatic rings. The van der Waals surface area contributed by atoms with Crippen molar-refractivity contribution in [1.29, 1.82) is 0 Å². The molecule has 5 N–H and O–H groups in total. The number of nitrogens with zero attached hydrogens (tertiary/aromatic N) is 1. The van der Waals surface area contributed by atoms with Gasteiger partial charge in [0.1, 0.15) is 0 Å². The monoisotopic (exact) mass is 232 g/mol. The van der Waals surface area contributed by atoms with Crippen LogP contribution in [0.25, 0.3) is 0 Å². The van der Waals surface area contributed by atoms with E-state index in [0.717, 1.165) is 16.8 Å². The van der Waals surface area contributed by atoms with Gasteiger partial charge in [0.05, 0.1) is 17.1 Å². The van der Waals surface area contributed by atoms with E-state index in [4.69, 9.17) is 11.5 Å². The summed E-state index contributed by atoms with van der Waals surface area (Å²) in [6.45, 7) is 3.86. The highest BCUT2D eigenvalue weighted by Crippen LogP contribution is 2.27. The van der Waals surface area contributed by atoms with Gasteiger partial charge in [-0.25, -0.2) is 5.43 Å². The highest BCUT2D eigenvalue weighted by atomic mass is 16.2. The van der Waals surface area contributed by atoms with Crippen LogP contribution in [0.4, 0.5) is 11.4 Å².